The molecule has 5 nitrogen and oxygen atoms in total. The number of rotatable bonds is 5. The summed E-state index contributed by atoms with van der Waals surface area (Å²) in [6.07, 6.45) is 0.395. The Hall–Kier alpha value is -2.39. The Morgan fingerprint density at radius 1 is 1.39 bits per heavy atom. The Morgan fingerprint density at radius 2 is 2.13 bits per heavy atom. The van der Waals surface area contributed by atoms with Crippen LogP contribution in [0.4, 0.5) is 0 Å². The average molecular weight is 330 g/mol. The number of aromatic hydroxyl groups is 1. The van der Waals surface area contributed by atoms with E-state index >= 15 is 0 Å². The van der Waals surface area contributed by atoms with Gasteiger partial charge in [0.15, 0.2) is 5.16 Å². The SMILES string of the molecule is CC#CCSc1nc(O)c(CC)c(=O)n1-c1ccccc1OC. The standard InChI is InChI=1S/C17H18N2O3S/c1-4-6-11-23-17-18-15(20)12(5-2)16(21)19(17)13-9-7-8-10-14(13)22-3/h7-10,20H,5,11H2,1-3H3. The first-order chi connectivity index (χ1) is 11.1. The van der Waals surface area contributed by atoms with Crippen LogP contribution >= 0.6 is 11.8 Å². The van der Waals surface area contributed by atoms with E-state index in [2.05, 4.69) is 16.8 Å². The predicted molar refractivity (Wildman–Crippen MR) is 91.6 cm³/mol. The van der Waals surface area contributed by atoms with E-state index in [1.807, 2.05) is 12.1 Å². The van der Waals surface area contributed by atoms with Gasteiger partial charge >= 0.3 is 0 Å². The normalized spacial score (nSPS) is 10.0. The van der Waals surface area contributed by atoms with E-state index in [1.54, 1.807) is 33.1 Å². The van der Waals surface area contributed by atoms with Gasteiger partial charge in [0, 0.05) is 0 Å². The molecule has 1 heterocycles. The van der Waals surface area contributed by atoms with Gasteiger partial charge in [-0.2, -0.15) is 4.98 Å². The number of hydrogen-bond donors (Lipinski definition) is 1. The first-order valence-corrected chi connectivity index (χ1v) is 8.13. The molecular weight excluding hydrogens is 312 g/mol. The van der Waals surface area contributed by atoms with Crippen LogP contribution in [0.15, 0.2) is 34.2 Å². The van der Waals surface area contributed by atoms with E-state index < -0.39 is 0 Å². The van der Waals surface area contributed by atoms with E-state index in [0.29, 0.717) is 28.8 Å². The third-order valence-corrected chi connectivity index (χ3v) is 4.07. The van der Waals surface area contributed by atoms with Crippen LogP contribution in [0.25, 0.3) is 5.69 Å². The lowest BCUT2D eigenvalue weighted by atomic mass is 10.2. The topological polar surface area (TPSA) is 64.4 Å². The molecule has 0 fully saturated rings. The van der Waals surface area contributed by atoms with Crippen LogP contribution in [-0.2, 0) is 6.42 Å². The van der Waals surface area contributed by atoms with Crippen LogP contribution < -0.4 is 10.3 Å². The number of methoxy groups -OCH3 is 1. The molecule has 1 N–H and O–H groups in total. The van der Waals surface area contributed by atoms with Gasteiger partial charge in [-0.25, -0.2) is 0 Å². The lowest BCUT2D eigenvalue weighted by Crippen LogP contribution is -2.25. The Bertz CT molecular complexity index is 819. The van der Waals surface area contributed by atoms with Crippen LogP contribution in [0.1, 0.15) is 19.4 Å². The van der Waals surface area contributed by atoms with E-state index in [0.717, 1.165) is 0 Å². The van der Waals surface area contributed by atoms with Crippen molar-refractivity contribution in [1.82, 2.24) is 9.55 Å². The molecule has 0 bridgehead atoms. The molecule has 23 heavy (non-hydrogen) atoms. The number of nitrogens with zero attached hydrogens (tertiary/aromatic N) is 2. The molecule has 0 amide bonds. The first kappa shape index (κ1) is 17.0. The quantitative estimate of drug-likeness (QED) is 0.519. The second kappa shape index (κ2) is 7.75. The van der Waals surface area contributed by atoms with Crippen molar-refractivity contribution >= 4 is 11.8 Å². The summed E-state index contributed by atoms with van der Waals surface area (Å²) in [5.41, 5.74) is 0.576. The zero-order chi connectivity index (χ0) is 16.8. The highest BCUT2D eigenvalue weighted by Gasteiger charge is 2.18. The molecule has 0 unspecified atom stereocenters. The summed E-state index contributed by atoms with van der Waals surface area (Å²) in [6, 6.07) is 7.22. The second-order valence-electron chi connectivity index (χ2n) is 4.58. The lowest BCUT2D eigenvalue weighted by molar-refractivity contribution is 0.408. The van der Waals surface area contributed by atoms with Crippen LogP contribution in [0.5, 0.6) is 11.6 Å². The fourth-order valence-corrected chi connectivity index (χ4v) is 2.94. The minimum Gasteiger partial charge on any atom is -0.495 e. The Morgan fingerprint density at radius 3 is 2.78 bits per heavy atom. The van der Waals surface area contributed by atoms with Crippen molar-refractivity contribution in [3.63, 3.8) is 0 Å². The fraction of sp³-hybridized carbons (Fsp3) is 0.294. The summed E-state index contributed by atoms with van der Waals surface area (Å²) in [7, 11) is 1.55. The molecule has 0 aliphatic rings. The Kier molecular flexibility index (Phi) is 5.72. The van der Waals surface area contributed by atoms with Crippen molar-refractivity contribution in [2.45, 2.75) is 25.4 Å². The summed E-state index contributed by atoms with van der Waals surface area (Å²) in [5.74, 6) is 6.53. The average Bonchev–Trinajstić information content (AvgIpc) is 2.55. The Labute approximate surface area is 139 Å². The summed E-state index contributed by atoms with van der Waals surface area (Å²) in [5, 5.41) is 10.4. The summed E-state index contributed by atoms with van der Waals surface area (Å²) < 4.78 is 6.82. The molecule has 0 aliphatic heterocycles. The van der Waals surface area contributed by atoms with Crippen molar-refractivity contribution in [2.75, 3.05) is 12.9 Å². The molecule has 6 heteroatoms. The van der Waals surface area contributed by atoms with Gasteiger partial charge in [-0.1, -0.05) is 36.7 Å². The molecule has 0 aliphatic carbocycles. The summed E-state index contributed by atoms with van der Waals surface area (Å²) in [6.45, 7) is 3.55. The molecule has 0 saturated carbocycles. The number of ether oxygens (including phenoxy) is 1. The van der Waals surface area contributed by atoms with Crippen LogP contribution in [-0.4, -0.2) is 27.5 Å². The van der Waals surface area contributed by atoms with Gasteiger partial charge in [-0.05, 0) is 25.5 Å². The van der Waals surface area contributed by atoms with Crippen molar-refractivity contribution in [2.24, 2.45) is 0 Å². The third-order valence-electron chi connectivity index (χ3n) is 3.25. The molecule has 2 aromatic rings. The van der Waals surface area contributed by atoms with Gasteiger partial charge < -0.3 is 9.84 Å². The predicted octanol–water partition coefficient (Wildman–Crippen LogP) is 2.62. The lowest BCUT2D eigenvalue weighted by Gasteiger charge is -2.15. The van der Waals surface area contributed by atoms with Crippen LogP contribution in [0.3, 0.4) is 0 Å². The van der Waals surface area contributed by atoms with Crippen molar-refractivity contribution in [3.05, 3.63) is 40.2 Å². The van der Waals surface area contributed by atoms with E-state index in [1.165, 1.54) is 16.3 Å². The largest absolute Gasteiger partial charge is 0.495 e. The molecule has 120 valence electrons. The number of benzene rings is 1. The molecule has 2 rings (SSSR count). The van der Waals surface area contributed by atoms with Crippen molar-refractivity contribution in [3.8, 4) is 29.2 Å². The number of hydrogen-bond acceptors (Lipinski definition) is 5. The second-order valence-corrected chi connectivity index (χ2v) is 5.52. The van der Waals surface area contributed by atoms with Crippen molar-refractivity contribution < 1.29 is 9.84 Å². The first-order valence-electron chi connectivity index (χ1n) is 7.14. The van der Waals surface area contributed by atoms with Gasteiger partial charge in [-0.3, -0.25) is 9.36 Å². The number of para-hydroxylation sites is 2. The van der Waals surface area contributed by atoms with Crippen LogP contribution in [0.2, 0.25) is 0 Å². The van der Waals surface area contributed by atoms with E-state index in [9.17, 15) is 9.90 Å². The zero-order valence-corrected chi connectivity index (χ0v) is 14.1. The molecule has 0 radical (unpaired) electrons. The monoisotopic (exact) mass is 330 g/mol. The number of thioether (sulfide) groups is 1. The Balaban J connectivity index is 2.71. The van der Waals surface area contributed by atoms with E-state index in [-0.39, 0.29) is 17.0 Å². The minimum absolute atomic E-state index is 0.226. The maximum Gasteiger partial charge on any atom is 0.265 e. The van der Waals surface area contributed by atoms with Crippen molar-refractivity contribution in [1.29, 1.82) is 0 Å². The molecule has 1 aromatic carbocycles. The highest BCUT2D eigenvalue weighted by Crippen LogP contribution is 2.27. The maximum atomic E-state index is 12.8. The van der Waals surface area contributed by atoms with Gasteiger partial charge in [0.1, 0.15) is 5.75 Å². The minimum atomic E-state index is -0.295. The maximum absolute atomic E-state index is 12.8. The van der Waals surface area contributed by atoms with Gasteiger partial charge in [-0.15, -0.1) is 5.92 Å². The molecule has 1 aromatic heterocycles. The molecular formula is C17H18N2O3S. The molecule has 0 spiro atoms. The molecule has 0 atom stereocenters. The molecule has 0 saturated heterocycles. The third kappa shape index (κ3) is 3.51. The zero-order valence-electron chi connectivity index (χ0n) is 13.3. The van der Waals surface area contributed by atoms with Gasteiger partial charge in [0.2, 0.25) is 5.88 Å². The van der Waals surface area contributed by atoms with E-state index in [4.69, 9.17) is 4.74 Å². The summed E-state index contributed by atoms with van der Waals surface area (Å²) >= 11 is 1.30. The van der Waals surface area contributed by atoms with Gasteiger partial charge in [0.25, 0.3) is 5.56 Å². The highest BCUT2D eigenvalue weighted by atomic mass is 32.2. The summed E-state index contributed by atoms with van der Waals surface area (Å²) in [4.78, 5) is 17.0. The fourth-order valence-electron chi connectivity index (χ4n) is 2.13. The highest BCUT2D eigenvalue weighted by molar-refractivity contribution is 7.99. The number of aromatic nitrogens is 2. The smallest absolute Gasteiger partial charge is 0.265 e. The van der Waals surface area contributed by atoms with Crippen LogP contribution in [0, 0.1) is 11.8 Å². The van der Waals surface area contributed by atoms with Gasteiger partial charge in [0.05, 0.1) is 24.1 Å².